The lowest BCUT2D eigenvalue weighted by Gasteiger charge is -2.31. The first-order valence-corrected chi connectivity index (χ1v) is 7.33. The molecule has 1 saturated heterocycles. The zero-order valence-electron chi connectivity index (χ0n) is 11.0. The van der Waals surface area contributed by atoms with Crippen molar-refractivity contribution in [2.75, 3.05) is 6.54 Å². The molecule has 17 heavy (non-hydrogen) atoms. The standard InChI is InChI=1S/C14H26N2O/c1-2-11-6-5-7-12(10-11)16-13-8-3-4-9-15-14(13)17/h11-13,16H,2-10H2,1H3,(H,15,17). The van der Waals surface area contributed by atoms with E-state index in [0.717, 1.165) is 25.3 Å². The third-order valence-corrected chi connectivity index (χ3v) is 4.33. The van der Waals surface area contributed by atoms with Gasteiger partial charge in [0.1, 0.15) is 0 Å². The molecule has 0 aromatic carbocycles. The van der Waals surface area contributed by atoms with E-state index in [1.54, 1.807) is 0 Å². The van der Waals surface area contributed by atoms with Crippen LogP contribution in [0.15, 0.2) is 0 Å². The summed E-state index contributed by atoms with van der Waals surface area (Å²) in [7, 11) is 0. The summed E-state index contributed by atoms with van der Waals surface area (Å²) in [5, 5.41) is 6.61. The molecule has 2 rings (SSSR count). The van der Waals surface area contributed by atoms with Crippen molar-refractivity contribution in [1.29, 1.82) is 0 Å². The van der Waals surface area contributed by atoms with Crippen molar-refractivity contribution in [3.05, 3.63) is 0 Å². The van der Waals surface area contributed by atoms with E-state index >= 15 is 0 Å². The minimum Gasteiger partial charge on any atom is -0.355 e. The molecule has 2 aliphatic rings. The minimum absolute atomic E-state index is 0.0677. The van der Waals surface area contributed by atoms with Crippen LogP contribution in [0.1, 0.15) is 58.3 Å². The highest BCUT2D eigenvalue weighted by molar-refractivity contribution is 5.81. The van der Waals surface area contributed by atoms with Crippen molar-refractivity contribution in [3.63, 3.8) is 0 Å². The molecule has 2 fully saturated rings. The lowest BCUT2D eigenvalue weighted by Crippen LogP contribution is -2.48. The molecule has 98 valence electrons. The van der Waals surface area contributed by atoms with E-state index in [-0.39, 0.29) is 11.9 Å². The van der Waals surface area contributed by atoms with Gasteiger partial charge in [-0.15, -0.1) is 0 Å². The van der Waals surface area contributed by atoms with Gasteiger partial charge in [0.2, 0.25) is 5.91 Å². The molecule has 0 radical (unpaired) electrons. The molecular weight excluding hydrogens is 212 g/mol. The quantitative estimate of drug-likeness (QED) is 0.791. The lowest BCUT2D eigenvalue weighted by molar-refractivity contribution is -0.123. The van der Waals surface area contributed by atoms with Gasteiger partial charge in [-0.05, 0) is 38.0 Å². The van der Waals surface area contributed by atoms with E-state index in [2.05, 4.69) is 17.6 Å². The molecule has 1 aliphatic heterocycles. The summed E-state index contributed by atoms with van der Waals surface area (Å²) in [4.78, 5) is 11.9. The Kier molecular flexibility index (Phi) is 4.84. The van der Waals surface area contributed by atoms with Gasteiger partial charge < -0.3 is 10.6 Å². The topological polar surface area (TPSA) is 41.1 Å². The zero-order chi connectivity index (χ0) is 12.1. The Balaban J connectivity index is 1.83. The highest BCUT2D eigenvalue weighted by Crippen LogP contribution is 2.27. The predicted molar refractivity (Wildman–Crippen MR) is 69.8 cm³/mol. The summed E-state index contributed by atoms with van der Waals surface area (Å²) in [6, 6.07) is 0.639. The van der Waals surface area contributed by atoms with Crippen molar-refractivity contribution in [2.24, 2.45) is 5.92 Å². The first kappa shape index (κ1) is 12.9. The van der Waals surface area contributed by atoms with E-state index in [9.17, 15) is 4.79 Å². The van der Waals surface area contributed by atoms with Crippen LogP contribution in [0, 0.1) is 5.92 Å². The molecule has 1 amide bonds. The number of carbonyl (C=O) groups is 1. The Morgan fingerprint density at radius 1 is 1.24 bits per heavy atom. The second kappa shape index (κ2) is 6.39. The summed E-state index contributed by atoms with van der Waals surface area (Å²) in [5.74, 6) is 1.09. The number of amides is 1. The molecule has 0 aromatic heterocycles. The Morgan fingerprint density at radius 2 is 2.12 bits per heavy atom. The fraction of sp³-hybridized carbons (Fsp3) is 0.929. The van der Waals surface area contributed by atoms with Crippen LogP contribution in [0.25, 0.3) is 0 Å². The average Bonchev–Trinajstić information content (AvgIpc) is 2.55. The monoisotopic (exact) mass is 238 g/mol. The molecule has 3 atom stereocenters. The van der Waals surface area contributed by atoms with Crippen molar-refractivity contribution in [1.82, 2.24) is 10.6 Å². The SMILES string of the molecule is CCC1CCCC(NC2CCCCNC2=O)C1. The Labute approximate surface area is 105 Å². The molecule has 0 aromatic rings. The smallest absolute Gasteiger partial charge is 0.237 e. The molecule has 1 heterocycles. The second-order valence-corrected chi connectivity index (χ2v) is 5.64. The molecule has 3 heteroatoms. The minimum atomic E-state index is 0.0677. The highest BCUT2D eigenvalue weighted by atomic mass is 16.2. The number of carbonyl (C=O) groups excluding carboxylic acids is 1. The number of nitrogens with one attached hydrogen (secondary N) is 2. The van der Waals surface area contributed by atoms with Crippen LogP contribution in [-0.4, -0.2) is 24.5 Å². The van der Waals surface area contributed by atoms with Crippen LogP contribution < -0.4 is 10.6 Å². The largest absolute Gasteiger partial charge is 0.355 e. The van der Waals surface area contributed by atoms with Crippen LogP contribution in [-0.2, 0) is 4.79 Å². The van der Waals surface area contributed by atoms with Crippen LogP contribution in [0.5, 0.6) is 0 Å². The second-order valence-electron chi connectivity index (χ2n) is 5.64. The maximum atomic E-state index is 11.9. The summed E-state index contributed by atoms with van der Waals surface area (Å²) < 4.78 is 0. The molecule has 1 saturated carbocycles. The first-order valence-electron chi connectivity index (χ1n) is 7.33. The fourth-order valence-corrected chi connectivity index (χ4v) is 3.20. The molecule has 3 nitrogen and oxygen atoms in total. The van der Waals surface area contributed by atoms with Crippen molar-refractivity contribution in [2.45, 2.75) is 70.4 Å². The Hall–Kier alpha value is -0.570. The third kappa shape index (κ3) is 3.70. The Morgan fingerprint density at radius 3 is 2.94 bits per heavy atom. The van der Waals surface area contributed by atoms with Gasteiger partial charge in [0, 0.05) is 12.6 Å². The average molecular weight is 238 g/mol. The number of rotatable bonds is 3. The van der Waals surface area contributed by atoms with Crippen molar-refractivity contribution < 1.29 is 4.79 Å². The number of hydrogen-bond acceptors (Lipinski definition) is 2. The van der Waals surface area contributed by atoms with Crippen molar-refractivity contribution in [3.8, 4) is 0 Å². The maximum absolute atomic E-state index is 11.9. The van der Waals surface area contributed by atoms with Gasteiger partial charge in [-0.2, -0.15) is 0 Å². The lowest BCUT2D eigenvalue weighted by atomic mass is 9.84. The Bertz CT molecular complexity index is 255. The van der Waals surface area contributed by atoms with E-state index in [4.69, 9.17) is 0 Å². The molecular formula is C14H26N2O. The van der Waals surface area contributed by atoms with Crippen LogP contribution >= 0.6 is 0 Å². The summed E-state index contributed by atoms with van der Waals surface area (Å²) in [6.45, 7) is 3.14. The highest BCUT2D eigenvalue weighted by Gasteiger charge is 2.26. The molecule has 1 aliphatic carbocycles. The van der Waals surface area contributed by atoms with E-state index in [1.165, 1.54) is 38.5 Å². The van der Waals surface area contributed by atoms with Crippen molar-refractivity contribution >= 4 is 5.91 Å². The van der Waals surface area contributed by atoms with Gasteiger partial charge in [-0.25, -0.2) is 0 Å². The van der Waals surface area contributed by atoms with Crippen LogP contribution in [0.2, 0.25) is 0 Å². The van der Waals surface area contributed by atoms with Gasteiger partial charge >= 0.3 is 0 Å². The third-order valence-electron chi connectivity index (χ3n) is 4.33. The van der Waals surface area contributed by atoms with Gasteiger partial charge in [0.05, 0.1) is 6.04 Å². The van der Waals surface area contributed by atoms with Crippen LogP contribution in [0.4, 0.5) is 0 Å². The first-order chi connectivity index (χ1) is 8.29. The van der Waals surface area contributed by atoms with E-state index in [1.807, 2.05) is 0 Å². The molecule has 0 spiro atoms. The van der Waals surface area contributed by atoms with E-state index < -0.39 is 0 Å². The van der Waals surface area contributed by atoms with Gasteiger partial charge in [-0.3, -0.25) is 4.79 Å². The zero-order valence-corrected chi connectivity index (χ0v) is 11.0. The van der Waals surface area contributed by atoms with Gasteiger partial charge in [0.15, 0.2) is 0 Å². The molecule has 2 N–H and O–H groups in total. The maximum Gasteiger partial charge on any atom is 0.237 e. The molecule has 3 unspecified atom stereocenters. The number of hydrogen-bond donors (Lipinski definition) is 2. The van der Waals surface area contributed by atoms with Crippen LogP contribution in [0.3, 0.4) is 0 Å². The van der Waals surface area contributed by atoms with Gasteiger partial charge in [0.25, 0.3) is 0 Å². The summed E-state index contributed by atoms with van der Waals surface area (Å²) in [6.07, 6.45) is 9.82. The summed E-state index contributed by atoms with van der Waals surface area (Å²) in [5.41, 5.74) is 0. The summed E-state index contributed by atoms with van der Waals surface area (Å²) >= 11 is 0. The molecule has 0 bridgehead atoms. The fourth-order valence-electron chi connectivity index (χ4n) is 3.20. The predicted octanol–water partition coefficient (Wildman–Crippen LogP) is 2.21. The normalized spacial score (nSPS) is 35.1. The van der Waals surface area contributed by atoms with E-state index in [0.29, 0.717) is 6.04 Å². The van der Waals surface area contributed by atoms with Gasteiger partial charge in [-0.1, -0.05) is 26.2 Å².